The van der Waals surface area contributed by atoms with Crippen molar-refractivity contribution in [3.63, 3.8) is 0 Å². The molecule has 5 nitrogen and oxygen atoms in total. The second-order valence-corrected chi connectivity index (χ2v) is 4.57. The van der Waals surface area contributed by atoms with Gasteiger partial charge in [0.25, 0.3) is 0 Å². The van der Waals surface area contributed by atoms with E-state index >= 15 is 0 Å². The van der Waals surface area contributed by atoms with Crippen LogP contribution in [0, 0.1) is 0 Å². The molecule has 0 saturated carbocycles. The Bertz CT molecular complexity index is 658. The summed E-state index contributed by atoms with van der Waals surface area (Å²) in [6.07, 6.45) is 3.45. The van der Waals surface area contributed by atoms with Crippen LogP contribution in [0.1, 0.15) is 26.5 Å². The molecule has 0 atom stereocenters. The van der Waals surface area contributed by atoms with Crippen LogP contribution in [0.15, 0.2) is 48.2 Å². The van der Waals surface area contributed by atoms with E-state index in [0.29, 0.717) is 33.6 Å². The van der Waals surface area contributed by atoms with Gasteiger partial charge in [0, 0.05) is 5.70 Å². The summed E-state index contributed by atoms with van der Waals surface area (Å²) in [4.78, 5) is 4.44. The number of aromatic nitrogens is 3. The first kappa shape index (κ1) is 17.7. The first-order valence-electron chi connectivity index (χ1n) is 6.93. The third kappa shape index (κ3) is 5.18. The molecule has 0 aromatic carbocycles. The van der Waals surface area contributed by atoms with E-state index < -0.39 is 0 Å². The minimum absolute atomic E-state index is 0.341. The molecule has 0 aliphatic heterocycles. The molecular formula is C16H20ClN5. The van der Waals surface area contributed by atoms with Crippen LogP contribution in [0.25, 0.3) is 17.1 Å². The standard InChI is InChI=1S/C14H14ClN5.C2H6/c1-9(16)5-6-10(17)11-3-2-4-12(18-11)13-7-8-14(15)20-19-13;1-2/h2-8H,16-17H2,1H3;1-2H3/b9-5-,10-6-;. The zero-order chi connectivity index (χ0) is 16.5. The molecule has 0 aliphatic carbocycles. The molecule has 6 heteroatoms. The lowest BCUT2D eigenvalue weighted by atomic mass is 10.2. The SMILES string of the molecule is C/C(N)=C/C=C(\N)c1cccc(-c2ccc(Cl)nn2)n1.CC. The van der Waals surface area contributed by atoms with Gasteiger partial charge in [0.1, 0.15) is 5.69 Å². The molecule has 116 valence electrons. The molecular weight excluding hydrogens is 298 g/mol. The Hall–Kier alpha value is -2.40. The minimum atomic E-state index is 0.341. The van der Waals surface area contributed by atoms with Gasteiger partial charge in [-0.15, -0.1) is 10.2 Å². The zero-order valence-electron chi connectivity index (χ0n) is 12.9. The van der Waals surface area contributed by atoms with Crippen molar-refractivity contribution in [2.75, 3.05) is 0 Å². The highest BCUT2D eigenvalue weighted by atomic mass is 35.5. The lowest BCUT2D eigenvalue weighted by Crippen LogP contribution is -2.01. The van der Waals surface area contributed by atoms with E-state index in [1.807, 2.05) is 32.0 Å². The molecule has 0 radical (unpaired) electrons. The number of allylic oxidation sites excluding steroid dienone is 3. The van der Waals surface area contributed by atoms with Crippen molar-refractivity contribution in [2.45, 2.75) is 20.8 Å². The zero-order valence-corrected chi connectivity index (χ0v) is 13.7. The van der Waals surface area contributed by atoms with Gasteiger partial charge in [0.05, 0.1) is 17.1 Å². The quantitative estimate of drug-likeness (QED) is 0.847. The van der Waals surface area contributed by atoms with Crippen LogP contribution in [0.2, 0.25) is 5.15 Å². The number of hydrogen-bond donors (Lipinski definition) is 2. The van der Waals surface area contributed by atoms with Crippen molar-refractivity contribution in [3.8, 4) is 11.4 Å². The summed E-state index contributed by atoms with van der Waals surface area (Å²) in [5, 5.41) is 8.12. The average molecular weight is 318 g/mol. The van der Waals surface area contributed by atoms with Crippen LogP contribution in [0.5, 0.6) is 0 Å². The molecule has 4 N–H and O–H groups in total. The van der Waals surface area contributed by atoms with E-state index in [1.165, 1.54) is 0 Å². The summed E-state index contributed by atoms with van der Waals surface area (Å²) < 4.78 is 0. The van der Waals surface area contributed by atoms with E-state index in [2.05, 4.69) is 15.2 Å². The Kier molecular flexibility index (Phi) is 7.05. The number of halogens is 1. The number of nitrogens with zero attached hydrogens (tertiary/aromatic N) is 3. The Morgan fingerprint density at radius 2 is 1.73 bits per heavy atom. The first-order chi connectivity index (χ1) is 10.6. The lowest BCUT2D eigenvalue weighted by molar-refractivity contribution is 1.03. The van der Waals surface area contributed by atoms with Crippen LogP contribution in [0.3, 0.4) is 0 Å². The summed E-state index contributed by atoms with van der Waals surface area (Å²) in [6, 6.07) is 8.92. The monoisotopic (exact) mass is 317 g/mol. The van der Waals surface area contributed by atoms with E-state index in [-0.39, 0.29) is 0 Å². The van der Waals surface area contributed by atoms with Gasteiger partial charge in [0.15, 0.2) is 5.15 Å². The van der Waals surface area contributed by atoms with Crippen LogP contribution >= 0.6 is 11.6 Å². The maximum absolute atomic E-state index is 5.96. The molecule has 0 fully saturated rings. The van der Waals surface area contributed by atoms with Crippen molar-refractivity contribution >= 4 is 17.3 Å². The van der Waals surface area contributed by atoms with Crippen LogP contribution in [-0.4, -0.2) is 15.2 Å². The summed E-state index contributed by atoms with van der Waals surface area (Å²) in [5.41, 5.74) is 14.7. The molecule has 0 spiro atoms. The fourth-order valence-corrected chi connectivity index (χ4v) is 1.60. The molecule has 2 rings (SSSR count). The highest BCUT2D eigenvalue weighted by Gasteiger charge is 2.04. The van der Waals surface area contributed by atoms with Crippen molar-refractivity contribution in [3.05, 3.63) is 59.0 Å². The Morgan fingerprint density at radius 3 is 2.32 bits per heavy atom. The average Bonchev–Trinajstić information content (AvgIpc) is 2.55. The fourth-order valence-electron chi connectivity index (χ4n) is 1.50. The number of nitrogens with two attached hydrogens (primary N) is 2. The van der Waals surface area contributed by atoms with E-state index in [1.54, 1.807) is 31.2 Å². The molecule has 2 aromatic heterocycles. The fraction of sp³-hybridized carbons (Fsp3) is 0.188. The van der Waals surface area contributed by atoms with Gasteiger partial charge < -0.3 is 11.5 Å². The van der Waals surface area contributed by atoms with E-state index in [0.717, 1.165) is 0 Å². The third-order valence-corrected chi connectivity index (χ3v) is 2.67. The summed E-state index contributed by atoms with van der Waals surface area (Å²) in [6.45, 7) is 5.79. The van der Waals surface area contributed by atoms with Crippen molar-refractivity contribution < 1.29 is 0 Å². The number of rotatable bonds is 3. The maximum atomic E-state index is 5.96. The van der Waals surface area contributed by atoms with Crippen molar-refractivity contribution in [1.82, 2.24) is 15.2 Å². The van der Waals surface area contributed by atoms with Crippen LogP contribution in [0.4, 0.5) is 0 Å². The second-order valence-electron chi connectivity index (χ2n) is 4.18. The summed E-state index contributed by atoms with van der Waals surface area (Å²) in [7, 11) is 0. The Labute approximate surface area is 135 Å². The van der Waals surface area contributed by atoms with Gasteiger partial charge in [0.2, 0.25) is 0 Å². The van der Waals surface area contributed by atoms with Gasteiger partial charge in [-0.25, -0.2) is 4.98 Å². The Morgan fingerprint density at radius 1 is 1.00 bits per heavy atom. The van der Waals surface area contributed by atoms with E-state index in [4.69, 9.17) is 23.1 Å². The third-order valence-electron chi connectivity index (χ3n) is 2.47. The lowest BCUT2D eigenvalue weighted by Gasteiger charge is -2.04. The normalized spacial score (nSPS) is 11.6. The molecule has 22 heavy (non-hydrogen) atoms. The molecule has 2 heterocycles. The van der Waals surface area contributed by atoms with Gasteiger partial charge in [-0.05, 0) is 43.3 Å². The van der Waals surface area contributed by atoms with Gasteiger partial charge in [-0.2, -0.15) is 0 Å². The van der Waals surface area contributed by atoms with Crippen LogP contribution < -0.4 is 11.5 Å². The van der Waals surface area contributed by atoms with Gasteiger partial charge in [-0.3, -0.25) is 0 Å². The van der Waals surface area contributed by atoms with Gasteiger partial charge in [-0.1, -0.05) is 31.5 Å². The summed E-state index contributed by atoms with van der Waals surface area (Å²) >= 11 is 5.71. The Balaban J connectivity index is 0.00000116. The number of hydrogen-bond acceptors (Lipinski definition) is 5. The van der Waals surface area contributed by atoms with Crippen LogP contribution in [-0.2, 0) is 0 Å². The van der Waals surface area contributed by atoms with E-state index in [9.17, 15) is 0 Å². The molecule has 0 unspecified atom stereocenters. The first-order valence-corrected chi connectivity index (χ1v) is 7.30. The van der Waals surface area contributed by atoms with Crippen molar-refractivity contribution in [1.29, 1.82) is 0 Å². The van der Waals surface area contributed by atoms with Crippen molar-refractivity contribution in [2.24, 2.45) is 11.5 Å². The topological polar surface area (TPSA) is 90.7 Å². The molecule has 0 aliphatic rings. The summed E-state index contributed by atoms with van der Waals surface area (Å²) in [5.74, 6) is 0. The second kappa shape index (κ2) is 8.79. The number of pyridine rings is 1. The highest BCUT2D eigenvalue weighted by Crippen LogP contribution is 2.17. The molecule has 0 saturated heterocycles. The molecule has 0 bridgehead atoms. The smallest absolute Gasteiger partial charge is 0.151 e. The molecule has 0 amide bonds. The minimum Gasteiger partial charge on any atom is -0.402 e. The predicted molar refractivity (Wildman–Crippen MR) is 91.7 cm³/mol. The molecule has 2 aromatic rings. The van der Waals surface area contributed by atoms with Gasteiger partial charge >= 0.3 is 0 Å². The largest absolute Gasteiger partial charge is 0.402 e. The highest BCUT2D eigenvalue weighted by molar-refractivity contribution is 6.29. The predicted octanol–water partition coefficient (Wildman–Crippen LogP) is 3.38. The maximum Gasteiger partial charge on any atom is 0.151 e.